The molecule has 3 amide bonds. The number of benzene rings is 2. The molecule has 1 saturated carbocycles. The van der Waals surface area contributed by atoms with Crippen molar-refractivity contribution in [1.29, 1.82) is 0 Å². The lowest BCUT2D eigenvalue weighted by molar-refractivity contribution is -0.144. The summed E-state index contributed by atoms with van der Waals surface area (Å²) in [5.41, 5.74) is 1.09. The first-order valence-corrected chi connectivity index (χ1v) is 12.4. The van der Waals surface area contributed by atoms with Gasteiger partial charge in [-0.25, -0.2) is 4.79 Å². The van der Waals surface area contributed by atoms with E-state index in [1.807, 2.05) is 37.3 Å². The number of nitrogens with one attached hydrogen (secondary N) is 2. The lowest BCUT2D eigenvalue weighted by Gasteiger charge is -2.35. The Labute approximate surface area is 218 Å². The molecule has 3 N–H and O–H groups in total. The zero-order chi connectivity index (χ0) is 27.2. The van der Waals surface area contributed by atoms with E-state index in [0.717, 1.165) is 5.56 Å². The van der Waals surface area contributed by atoms with Gasteiger partial charge in [0.1, 0.15) is 17.7 Å². The number of aliphatic hydroxyl groups excluding tert-OH is 1. The fourth-order valence-corrected chi connectivity index (χ4v) is 4.15. The van der Waals surface area contributed by atoms with Crippen molar-refractivity contribution >= 4 is 17.9 Å². The first-order chi connectivity index (χ1) is 17.6. The third-order valence-electron chi connectivity index (χ3n) is 6.10. The van der Waals surface area contributed by atoms with Crippen LogP contribution in [0.1, 0.15) is 56.8 Å². The van der Waals surface area contributed by atoms with Crippen molar-refractivity contribution in [3.63, 3.8) is 0 Å². The minimum absolute atomic E-state index is 0.132. The standard InChI is InChI=1S/C29H35N3O5/c1-6-21-14-10-11-15-22(21)25(26(34)30-17-20-12-8-7-9-13-20)32(24-16-19(24)2)27(35)23(18-33)31-28(36)37-29(3,4)5/h1,7-15,19,23-25,33H,16-18H2,2-5H3,(H,30,34)(H,31,36). The number of carbonyl (C=O) groups excluding carboxylic acids is 3. The predicted molar refractivity (Wildman–Crippen MR) is 140 cm³/mol. The summed E-state index contributed by atoms with van der Waals surface area (Å²) in [5.74, 6) is 1.75. The number of carbonyl (C=O) groups is 3. The molecule has 2 aromatic carbocycles. The summed E-state index contributed by atoms with van der Waals surface area (Å²) in [5, 5.41) is 15.4. The van der Waals surface area contributed by atoms with Crippen molar-refractivity contribution in [2.24, 2.45) is 5.92 Å². The molecular weight excluding hydrogens is 470 g/mol. The average molecular weight is 506 g/mol. The highest BCUT2D eigenvalue weighted by Gasteiger charge is 2.48. The zero-order valence-electron chi connectivity index (χ0n) is 21.7. The van der Waals surface area contributed by atoms with Crippen molar-refractivity contribution in [2.45, 2.75) is 64.4 Å². The Morgan fingerprint density at radius 2 is 1.76 bits per heavy atom. The van der Waals surface area contributed by atoms with Crippen molar-refractivity contribution in [3.8, 4) is 12.3 Å². The van der Waals surface area contributed by atoms with E-state index in [1.54, 1.807) is 45.0 Å². The minimum Gasteiger partial charge on any atom is -0.444 e. The van der Waals surface area contributed by atoms with Gasteiger partial charge in [-0.3, -0.25) is 9.59 Å². The molecular formula is C29H35N3O5. The topological polar surface area (TPSA) is 108 Å². The maximum absolute atomic E-state index is 13.9. The summed E-state index contributed by atoms with van der Waals surface area (Å²) in [6.07, 6.45) is 5.60. The number of amides is 3. The average Bonchev–Trinajstić information content (AvgIpc) is 3.59. The van der Waals surface area contributed by atoms with Gasteiger partial charge in [-0.2, -0.15) is 0 Å². The molecule has 1 fully saturated rings. The highest BCUT2D eigenvalue weighted by atomic mass is 16.6. The molecule has 0 aromatic heterocycles. The van der Waals surface area contributed by atoms with E-state index < -0.39 is 42.2 Å². The summed E-state index contributed by atoms with van der Waals surface area (Å²) < 4.78 is 5.28. The van der Waals surface area contributed by atoms with Crippen LogP contribution < -0.4 is 10.6 Å². The molecule has 8 nitrogen and oxygen atoms in total. The van der Waals surface area contributed by atoms with Crippen LogP contribution in [-0.4, -0.2) is 52.2 Å². The molecule has 0 saturated heterocycles. The smallest absolute Gasteiger partial charge is 0.408 e. The summed E-state index contributed by atoms with van der Waals surface area (Å²) >= 11 is 0. The third kappa shape index (κ3) is 7.34. The van der Waals surface area contributed by atoms with Gasteiger partial charge in [-0.05, 0) is 50.3 Å². The number of nitrogens with zero attached hydrogens (tertiary/aromatic N) is 1. The van der Waals surface area contributed by atoms with Crippen LogP contribution in [0.4, 0.5) is 4.79 Å². The molecule has 196 valence electrons. The van der Waals surface area contributed by atoms with Crippen LogP contribution in [0.15, 0.2) is 54.6 Å². The molecule has 0 aliphatic heterocycles. The lowest BCUT2D eigenvalue weighted by atomic mass is 9.97. The summed E-state index contributed by atoms with van der Waals surface area (Å²) in [6.45, 7) is 6.67. The summed E-state index contributed by atoms with van der Waals surface area (Å²) in [4.78, 5) is 41.5. The third-order valence-corrected chi connectivity index (χ3v) is 6.10. The van der Waals surface area contributed by atoms with Crippen LogP contribution in [-0.2, 0) is 20.9 Å². The molecule has 2 aromatic rings. The number of alkyl carbamates (subject to hydrolysis) is 1. The van der Waals surface area contributed by atoms with Gasteiger partial charge >= 0.3 is 6.09 Å². The quantitative estimate of drug-likeness (QED) is 0.454. The zero-order valence-corrected chi connectivity index (χ0v) is 21.7. The summed E-state index contributed by atoms with van der Waals surface area (Å²) in [7, 11) is 0. The Morgan fingerprint density at radius 1 is 1.14 bits per heavy atom. The number of hydrogen-bond acceptors (Lipinski definition) is 5. The second-order valence-corrected chi connectivity index (χ2v) is 10.2. The Balaban J connectivity index is 1.97. The molecule has 37 heavy (non-hydrogen) atoms. The lowest BCUT2D eigenvalue weighted by Crippen LogP contribution is -2.55. The fourth-order valence-electron chi connectivity index (χ4n) is 4.15. The van der Waals surface area contributed by atoms with E-state index in [9.17, 15) is 19.5 Å². The van der Waals surface area contributed by atoms with Gasteiger partial charge in [-0.1, -0.05) is 61.4 Å². The van der Waals surface area contributed by atoms with Crippen LogP contribution in [0.2, 0.25) is 0 Å². The molecule has 3 rings (SSSR count). The molecule has 1 aliphatic rings. The van der Waals surface area contributed by atoms with E-state index in [4.69, 9.17) is 11.2 Å². The fraction of sp³-hybridized carbons (Fsp3) is 0.414. The molecule has 0 spiro atoms. The highest BCUT2D eigenvalue weighted by molar-refractivity contribution is 5.93. The van der Waals surface area contributed by atoms with Crippen molar-refractivity contribution in [1.82, 2.24) is 15.5 Å². The molecule has 0 heterocycles. The van der Waals surface area contributed by atoms with Gasteiger partial charge in [0.25, 0.3) is 0 Å². The first kappa shape index (κ1) is 27.8. The van der Waals surface area contributed by atoms with Crippen LogP contribution in [0, 0.1) is 18.3 Å². The van der Waals surface area contributed by atoms with Gasteiger partial charge in [-0.15, -0.1) is 6.42 Å². The van der Waals surface area contributed by atoms with Crippen molar-refractivity contribution in [2.75, 3.05) is 6.61 Å². The van der Waals surface area contributed by atoms with Crippen molar-refractivity contribution in [3.05, 3.63) is 71.3 Å². The monoisotopic (exact) mass is 505 g/mol. The van der Waals surface area contributed by atoms with Gasteiger partial charge in [0.05, 0.1) is 6.61 Å². The number of ether oxygens (including phenoxy) is 1. The van der Waals surface area contributed by atoms with E-state index in [0.29, 0.717) is 17.5 Å². The second-order valence-electron chi connectivity index (χ2n) is 10.2. The van der Waals surface area contributed by atoms with Crippen LogP contribution in [0.5, 0.6) is 0 Å². The van der Waals surface area contributed by atoms with Crippen LogP contribution >= 0.6 is 0 Å². The Hall–Kier alpha value is -3.83. The van der Waals surface area contributed by atoms with Gasteiger partial charge in [0, 0.05) is 18.2 Å². The molecule has 0 radical (unpaired) electrons. The molecule has 4 unspecified atom stereocenters. The maximum Gasteiger partial charge on any atom is 0.408 e. The second kappa shape index (κ2) is 11.9. The van der Waals surface area contributed by atoms with Gasteiger partial charge < -0.3 is 25.4 Å². The number of rotatable bonds is 9. The van der Waals surface area contributed by atoms with E-state index in [-0.39, 0.29) is 18.5 Å². The van der Waals surface area contributed by atoms with E-state index in [1.165, 1.54) is 4.90 Å². The van der Waals surface area contributed by atoms with Gasteiger partial charge in [0.15, 0.2) is 0 Å². The Bertz CT molecular complexity index is 1150. The predicted octanol–water partition coefficient (Wildman–Crippen LogP) is 3.15. The first-order valence-electron chi connectivity index (χ1n) is 12.4. The Kier molecular flexibility index (Phi) is 8.95. The Morgan fingerprint density at radius 3 is 2.32 bits per heavy atom. The van der Waals surface area contributed by atoms with Gasteiger partial charge in [0.2, 0.25) is 11.8 Å². The molecule has 0 bridgehead atoms. The maximum atomic E-state index is 13.9. The molecule has 1 aliphatic carbocycles. The van der Waals surface area contributed by atoms with Crippen molar-refractivity contribution < 1.29 is 24.2 Å². The highest BCUT2D eigenvalue weighted by Crippen LogP contribution is 2.41. The number of terminal acetylenes is 1. The summed E-state index contributed by atoms with van der Waals surface area (Å²) in [6, 6.07) is 13.8. The number of aliphatic hydroxyl groups is 1. The molecule has 8 heteroatoms. The minimum atomic E-state index is -1.30. The van der Waals surface area contributed by atoms with Crippen LogP contribution in [0.3, 0.4) is 0 Å². The number of hydrogen-bond donors (Lipinski definition) is 3. The van der Waals surface area contributed by atoms with E-state index in [2.05, 4.69) is 16.6 Å². The van der Waals surface area contributed by atoms with E-state index >= 15 is 0 Å². The SMILES string of the molecule is C#Cc1ccccc1C(C(=O)NCc1ccccc1)N(C(=O)C(CO)NC(=O)OC(C)(C)C)C1CC1C. The largest absolute Gasteiger partial charge is 0.444 e. The van der Waals surface area contributed by atoms with Crippen LogP contribution in [0.25, 0.3) is 0 Å². The molecule has 4 atom stereocenters. The normalized spacial score (nSPS) is 18.1.